The van der Waals surface area contributed by atoms with E-state index in [2.05, 4.69) is 41.8 Å². The van der Waals surface area contributed by atoms with Crippen molar-refractivity contribution in [1.29, 1.82) is 0 Å². The largest absolute Gasteiger partial charge is 0.305 e. The molecule has 0 aliphatic carbocycles. The molecule has 0 radical (unpaired) electrons. The molecule has 1 unspecified atom stereocenters. The second-order valence-electron chi connectivity index (χ2n) is 2.83. The van der Waals surface area contributed by atoms with Gasteiger partial charge < -0.3 is 5.43 Å². The molecule has 14 heavy (non-hydrogen) atoms. The van der Waals surface area contributed by atoms with Crippen LogP contribution in [0.25, 0.3) is 10.4 Å². The minimum Gasteiger partial charge on any atom is -0.305 e. The molecule has 0 aromatic carbocycles. The van der Waals surface area contributed by atoms with Crippen molar-refractivity contribution in [3.8, 4) is 0 Å². The summed E-state index contributed by atoms with van der Waals surface area (Å²) in [6.07, 6.45) is 1.71. The molecule has 1 aliphatic heterocycles. The number of nitrogens with zero attached hydrogens (tertiary/aromatic N) is 4. The zero-order valence-corrected chi connectivity index (χ0v) is 8.69. The van der Waals surface area contributed by atoms with Gasteiger partial charge in [0.2, 0.25) is 0 Å². The van der Waals surface area contributed by atoms with Crippen molar-refractivity contribution in [3.63, 3.8) is 0 Å². The number of nitrogens with one attached hydrogen (secondary N) is 2. The SMILES string of the molecule is [N-]=[N+]=NCC1NNc2ncc(Br)cc21. The van der Waals surface area contributed by atoms with E-state index in [9.17, 15) is 0 Å². The molecule has 1 aliphatic rings. The van der Waals surface area contributed by atoms with Gasteiger partial charge in [0.05, 0.1) is 6.04 Å². The molecule has 6 nitrogen and oxygen atoms in total. The molecule has 2 rings (SSSR count). The molecule has 1 aromatic heterocycles. The topological polar surface area (TPSA) is 85.7 Å². The summed E-state index contributed by atoms with van der Waals surface area (Å²) in [5.74, 6) is 0.784. The van der Waals surface area contributed by atoms with Crippen LogP contribution in [0.1, 0.15) is 11.6 Å². The van der Waals surface area contributed by atoms with Crippen molar-refractivity contribution in [3.05, 3.63) is 32.7 Å². The maximum absolute atomic E-state index is 8.21. The molecule has 1 aromatic rings. The van der Waals surface area contributed by atoms with Crippen molar-refractivity contribution in [2.75, 3.05) is 12.0 Å². The lowest BCUT2D eigenvalue weighted by Gasteiger charge is -2.05. The molecule has 0 spiro atoms. The quantitative estimate of drug-likeness (QED) is 0.482. The minimum atomic E-state index is -0.00843. The molecule has 0 fully saturated rings. The number of rotatable bonds is 2. The van der Waals surface area contributed by atoms with E-state index in [1.54, 1.807) is 6.20 Å². The van der Waals surface area contributed by atoms with Gasteiger partial charge in [0, 0.05) is 27.7 Å². The highest BCUT2D eigenvalue weighted by Crippen LogP contribution is 2.28. The Labute approximate surface area is 88.4 Å². The Morgan fingerprint density at radius 3 is 3.36 bits per heavy atom. The fraction of sp³-hybridized carbons (Fsp3) is 0.286. The van der Waals surface area contributed by atoms with Gasteiger partial charge >= 0.3 is 0 Å². The van der Waals surface area contributed by atoms with Gasteiger partial charge in [-0.05, 0) is 27.5 Å². The van der Waals surface area contributed by atoms with Crippen LogP contribution in [0.5, 0.6) is 0 Å². The van der Waals surface area contributed by atoms with Gasteiger partial charge in [0.25, 0.3) is 0 Å². The van der Waals surface area contributed by atoms with E-state index in [-0.39, 0.29) is 6.04 Å². The molecular weight excluding hydrogens is 248 g/mol. The molecule has 0 saturated heterocycles. The maximum Gasteiger partial charge on any atom is 0.145 e. The minimum absolute atomic E-state index is 0.00843. The first kappa shape index (κ1) is 9.26. The fourth-order valence-electron chi connectivity index (χ4n) is 1.32. The van der Waals surface area contributed by atoms with Crippen LogP contribution in [0.2, 0.25) is 0 Å². The number of hydrogen-bond donors (Lipinski definition) is 2. The molecule has 1 atom stereocenters. The first-order chi connectivity index (χ1) is 6.81. The highest BCUT2D eigenvalue weighted by molar-refractivity contribution is 9.10. The Morgan fingerprint density at radius 2 is 2.57 bits per heavy atom. The van der Waals surface area contributed by atoms with Gasteiger partial charge in [-0.3, -0.25) is 0 Å². The van der Waals surface area contributed by atoms with Crippen LogP contribution in [-0.4, -0.2) is 11.5 Å². The summed E-state index contributed by atoms with van der Waals surface area (Å²) in [5, 5.41) is 3.52. The molecule has 0 saturated carbocycles. The van der Waals surface area contributed by atoms with Crippen molar-refractivity contribution in [2.24, 2.45) is 5.11 Å². The molecule has 7 heteroatoms. The molecule has 2 heterocycles. The summed E-state index contributed by atoms with van der Waals surface area (Å²) in [4.78, 5) is 6.88. The van der Waals surface area contributed by atoms with E-state index in [1.807, 2.05) is 6.07 Å². The monoisotopic (exact) mass is 254 g/mol. The number of halogens is 1. The highest BCUT2D eigenvalue weighted by Gasteiger charge is 2.21. The zero-order chi connectivity index (χ0) is 9.97. The molecule has 0 amide bonds. The van der Waals surface area contributed by atoms with Crippen LogP contribution in [0.15, 0.2) is 21.9 Å². The fourth-order valence-corrected chi connectivity index (χ4v) is 1.67. The Hall–Kier alpha value is -1.30. The number of hydrazine groups is 1. The van der Waals surface area contributed by atoms with Crippen LogP contribution in [0.4, 0.5) is 5.82 Å². The molecule has 0 bridgehead atoms. The summed E-state index contributed by atoms with van der Waals surface area (Å²) >= 11 is 3.34. The molecule has 2 N–H and O–H groups in total. The van der Waals surface area contributed by atoms with Crippen molar-refractivity contribution < 1.29 is 0 Å². The van der Waals surface area contributed by atoms with Gasteiger partial charge in [-0.2, -0.15) is 0 Å². The second kappa shape index (κ2) is 3.83. The number of azide groups is 1. The predicted octanol–water partition coefficient (Wildman–Crippen LogP) is 2.13. The number of fused-ring (bicyclic) bond motifs is 1. The third kappa shape index (κ3) is 1.65. The maximum atomic E-state index is 8.21. The van der Waals surface area contributed by atoms with Crippen molar-refractivity contribution in [2.45, 2.75) is 6.04 Å². The summed E-state index contributed by atoms with van der Waals surface area (Å²) in [5.41, 5.74) is 15.1. The standard InChI is InChI=1S/C7H7BrN6/c8-4-1-5-6(3-11-14-9)12-13-7(5)10-2-4/h1-2,6,12H,3H2,(H,10,13). The Balaban J connectivity index is 2.28. The lowest BCUT2D eigenvalue weighted by Crippen LogP contribution is -2.20. The lowest BCUT2D eigenvalue weighted by atomic mass is 10.1. The average Bonchev–Trinajstić information content (AvgIpc) is 2.57. The summed E-state index contributed by atoms with van der Waals surface area (Å²) in [6, 6.07) is 1.94. The van der Waals surface area contributed by atoms with Gasteiger partial charge in [0.1, 0.15) is 5.82 Å². The van der Waals surface area contributed by atoms with E-state index in [0.717, 1.165) is 15.9 Å². The van der Waals surface area contributed by atoms with Crippen LogP contribution in [-0.2, 0) is 0 Å². The van der Waals surface area contributed by atoms with Crippen LogP contribution in [0, 0.1) is 0 Å². The van der Waals surface area contributed by atoms with Gasteiger partial charge in [0.15, 0.2) is 0 Å². The Kier molecular flexibility index (Phi) is 2.53. The number of hydrogen-bond acceptors (Lipinski definition) is 4. The van der Waals surface area contributed by atoms with E-state index in [1.165, 1.54) is 0 Å². The first-order valence-electron chi connectivity index (χ1n) is 3.99. The van der Waals surface area contributed by atoms with Crippen LogP contribution < -0.4 is 10.9 Å². The van der Waals surface area contributed by atoms with E-state index in [0.29, 0.717) is 6.54 Å². The van der Waals surface area contributed by atoms with Crippen molar-refractivity contribution >= 4 is 21.7 Å². The number of pyridine rings is 1. The van der Waals surface area contributed by atoms with Crippen LogP contribution >= 0.6 is 15.9 Å². The summed E-state index contributed by atoms with van der Waals surface area (Å²) < 4.78 is 0.910. The first-order valence-corrected chi connectivity index (χ1v) is 4.78. The van der Waals surface area contributed by atoms with Crippen molar-refractivity contribution in [1.82, 2.24) is 10.4 Å². The lowest BCUT2D eigenvalue weighted by molar-refractivity contribution is 0.633. The zero-order valence-electron chi connectivity index (χ0n) is 7.11. The van der Waals surface area contributed by atoms with Gasteiger partial charge in [-0.1, -0.05) is 5.11 Å². The van der Waals surface area contributed by atoms with E-state index >= 15 is 0 Å². The van der Waals surface area contributed by atoms with Gasteiger partial charge in [-0.25, -0.2) is 10.4 Å². The molecule has 72 valence electrons. The smallest absolute Gasteiger partial charge is 0.145 e. The third-order valence-corrected chi connectivity index (χ3v) is 2.39. The number of anilines is 1. The predicted molar refractivity (Wildman–Crippen MR) is 55.4 cm³/mol. The average molecular weight is 255 g/mol. The molecular formula is C7H7BrN6. The third-order valence-electron chi connectivity index (χ3n) is 1.95. The van der Waals surface area contributed by atoms with E-state index < -0.39 is 0 Å². The highest BCUT2D eigenvalue weighted by atomic mass is 79.9. The van der Waals surface area contributed by atoms with Gasteiger partial charge in [-0.15, -0.1) is 0 Å². The Morgan fingerprint density at radius 1 is 1.71 bits per heavy atom. The normalized spacial score (nSPS) is 18.2. The summed E-state index contributed by atoms with van der Waals surface area (Å²) in [7, 11) is 0. The Bertz CT molecular complexity index is 399. The second-order valence-corrected chi connectivity index (χ2v) is 3.74. The van der Waals surface area contributed by atoms with E-state index in [4.69, 9.17) is 5.53 Å². The van der Waals surface area contributed by atoms with Crippen LogP contribution in [0.3, 0.4) is 0 Å². The number of aromatic nitrogens is 1. The summed E-state index contributed by atoms with van der Waals surface area (Å²) in [6.45, 7) is 0.370.